The number of halogens is 2. The van der Waals surface area contributed by atoms with Crippen molar-refractivity contribution in [3.8, 4) is 5.69 Å². The van der Waals surface area contributed by atoms with Gasteiger partial charge < -0.3 is 10.6 Å². The van der Waals surface area contributed by atoms with Crippen LogP contribution in [0, 0.1) is 6.92 Å². The van der Waals surface area contributed by atoms with Gasteiger partial charge in [0.25, 0.3) is 5.91 Å². The Morgan fingerprint density at radius 3 is 3.00 bits per heavy atom. The first-order valence-electron chi connectivity index (χ1n) is 7.47. The summed E-state index contributed by atoms with van der Waals surface area (Å²) in [6.07, 6.45) is 3.72. The molecule has 1 atom stereocenters. The zero-order valence-corrected chi connectivity index (χ0v) is 14.5. The van der Waals surface area contributed by atoms with Crippen LogP contribution in [0.15, 0.2) is 30.5 Å². The molecular formula is C16H20Cl2N4O. The molecule has 0 bridgehead atoms. The van der Waals surface area contributed by atoms with Crippen molar-refractivity contribution in [2.24, 2.45) is 0 Å². The molecule has 23 heavy (non-hydrogen) atoms. The van der Waals surface area contributed by atoms with Gasteiger partial charge >= 0.3 is 0 Å². The second-order valence-electron chi connectivity index (χ2n) is 5.55. The minimum absolute atomic E-state index is 0. The van der Waals surface area contributed by atoms with E-state index in [1.165, 1.54) is 0 Å². The molecule has 1 unspecified atom stereocenters. The Balaban J connectivity index is 0.00000192. The van der Waals surface area contributed by atoms with Crippen molar-refractivity contribution in [3.05, 3.63) is 46.7 Å². The van der Waals surface area contributed by atoms with Crippen LogP contribution < -0.4 is 10.6 Å². The number of rotatable bonds is 3. The Morgan fingerprint density at radius 2 is 2.30 bits per heavy atom. The van der Waals surface area contributed by atoms with Gasteiger partial charge in [-0.15, -0.1) is 12.4 Å². The van der Waals surface area contributed by atoms with E-state index in [0.29, 0.717) is 10.6 Å². The minimum Gasteiger partial charge on any atom is -0.348 e. The number of carbonyl (C=O) groups excluding carboxylic acids is 1. The van der Waals surface area contributed by atoms with E-state index in [1.807, 2.05) is 31.2 Å². The maximum atomic E-state index is 12.4. The Labute approximate surface area is 146 Å². The average Bonchev–Trinajstić information content (AvgIpc) is 2.90. The van der Waals surface area contributed by atoms with Gasteiger partial charge in [0.1, 0.15) is 0 Å². The smallest absolute Gasteiger partial charge is 0.255 e. The summed E-state index contributed by atoms with van der Waals surface area (Å²) < 4.78 is 1.74. The lowest BCUT2D eigenvalue weighted by molar-refractivity contribution is 0.0930. The van der Waals surface area contributed by atoms with Crippen LogP contribution in [0.25, 0.3) is 5.69 Å². The Morgan fingerprint density at radius 1 is 1.48 bits per heavy atom. The molecule has 124 valence electrons. The fraction of sp³-hybridized carbons (Fsp3) is 0.375. The summed E-state index contributed by atoms with van der Waals surface area (Å²) in [6.45, 7) is 3.74. The molecule has 1 amide bonds. The van der Waals surface area contributed by atoms with Crippen LogP contribution in [0.1, 0.15) is 28.9 Å². The molecule has 1 fully saturated rings. The molecule has 1 aliphatic heterocycles. The number of nitrogens with zero attached hydrogens (tertiary/aromatic N) is 2. The SMILES string of the molecule is Cc1c(C(=O)NC2CCCNC2)cnn1-c1cccc(Cl)c1.Cl. The van der Waals surface area contributed by atoms with Crippen molar-refractivity contribution in [2.75, 3.05) is 13.1 Å². The van der Waals surface area contributed by atoms with E-state index in [-0.39, 0.29) is 24.4 Å². The van der Waals surface area contributed by atoms with Gasteiger partial charge in [-0.2, -0.15) is 5.10 Å². The standard InChI is InChI=1S/C16H19ClN4O.ClH/c1-11-15(16(22)20-13-5-3-7-18-9-13)10-19-21(11)14-6-2-4-12(17)8-14;/h2,4,6,8,10,13,18H,3,5,7,9H2,1H3,(H,20,22);1H. The third kappa shape index (κ3) is 4.05. The van der Waals surface area contributed by atoms with E-state index in [4.69, 9.17) is 11.6 Å². The second-order valence-corrected chi connectivity index (χ2v) is 5.99. The van der Waals surface area contributed by atoms with Gasteiger partial charge in [-0.1, -0.05) is 17.7 Å². The predicted octanol–water partition coefficient (Wildman–Crippen LogP) is 2.74. The maximum Gasteiger partial charge on any atom is 0.255 e. The number of benzene rings is 1. The summed E-state index contributed by atoms with van der Waals surface area (Å²) in [6, 6.07) is 7.61. The van der Waals surface area contributed by atoms with E-state index in [2.05, 4.69) is 15.7 Å². The highest BCUT2D eigenvalue weighted by Crippen LogP contribution is 2.18. The highest BCUT2D eigenvalue weighted by molar-refractivity contribution is 6.30. The van der Waals surface area contributed by atoms with Crippen LogP contribution in [0.3, 0.4) is 0 Å². The van der Waals surface area contributed by atoms with Crippen LogP contribution >= 0.6 is 24.0 Å². The third-order valence-electron chi connectivity index (χ3n) is 3.94. The normalized spacial score (nSPS) is 17.4. The first-order valence-corrected chi connectivity index (χ1v) is 7.85. The van der Waals surface area contributed by atoms with Crippen molar-refractivity contribution in [1.29, 1.82) is 0 Å². The molecule has 5 nitrogen and oxygen atoms in total. The number of amides is 1. The van der Waals surface area contributed by atoms with E-state index < -0.39 is 0 Å². The molecule has 0 saturated carbocycles. The summed E-state index contributed by atoms with van der Waals surface area (Å²) in [4.78, 5) is 12.4. The number of aromatic nitrogens is 2. The summed E-state index contributed by atoms with van der Waals surface area (Å²) in [7, 11) is 0. The lowest BCUT2D eigenvalue weighted by Crippen LogP contribution is -2.45. The fourth-order valence-electron chi connectivity index (χ4n) is 2.74. The molecule has 3 rings (SSSR count). The first kappa shape index (κ1) is 17.8. The maximum absolute atomic E-state index is 12.4. The minimum atomic E-state index is -0.0699. The molecule has 0 aliphatic carbocycles. The fourth-order valence-corrected chi connectivity index (χ4v) is 2.92. The number of piperidine rings is 1. The van der Waals surface area contributed by atoms with Crippen molar-refractivity contribution in [2.45, 2.75) is 25.8 Å². The molecule has 1 aliphatic rings. The molecule has 0 spiro atoms. The predicted molar refractivity (Wildman–Crippen MR) is 93.9 cm³/mol. The number of hydrogen-bond donors (Lipinski definition) is 2. The van der Waals surface area contributed by atoms with Crippen LogP contribution in [0.4, 0.5) is 0 Å². The molecule has 1 saturated heterocycles. The van der Waals surface area contributed by atoms with Gasteiger partial charge in [0.05, 0.1) is 23.1 Å². The van der Waals surface area contributed by atoms with E-state index in [1.54, 1.807) is 10.9 Å². The Hall–Kier alpha value is -1.56. The zero-order chi connectivity index (χ0) is 15.5. The molecule has 0 radical (unpaired) electrons. The van der Waals surface area contributed by atoms with Crippen molar-refractivity contribution < 1.29 is 4.79 Å². The highest BCUT2D eigenvalue weighted by atomic mass is 35.5. The number of hydrogen-bond acceptors (Lipinski definition) is 3. The average molecular weight is 355 g/mol. The largest absolute Gasteiger partial charge is 0.348 e. The zero-order valence-electron chi connectivity index (χ0n) is 12.9. The second kappa shape index (κ2) is 7.81. The van der Waals surface area contributed by atoms with Crippen LogP contribution in [0.2, 0.25) is 5.02 Å². The van der Waals surface area contributed by atoms with Gasteiger partial charge in [-0.3, -0.25) is 4.79 Å². The third-order valence-corrected chi connectivity index (χ3v) is 4.17. The van der Waals surface area contributed by atoms with Gasteiger partial charge in [-0.05, 0) is 44.5 Å². The van der Waals surface area contributed by atoms with Crippen molar-refractivity contribution in [1.82, 2.24) is 20.4 Å². The van der Waals surface area contributed by atoms with E-state index in [0.717, 1.165) is 37.3 Å². The topological polar surface area (TPSA) is 59.0 Å². The van der Waals surface area contributed by atoms with Crippen molar-refractivity contribution in [3.63, 3.8) is 0 Å². The number of carbonyl (C=O) groups is 1. The van der Waals surface area contributed by atoms with Gasteiger partial charge in [0, 0.05) is 17.6 Å². The Bertz CT molecular complexity index is 680. The highest BCUT2D eigenvalue weighted by Gasteiger charge is 2.20. The molecule has 7 heteroatoms. The molecule has 2 heterocycles. The molecular weight excluding hydrogens is 335 g/mol. The molecule has 1 aromatic heterocycles. The van der Waals surface area contributed by atoms with Crippen molar-refractivity contribution >= 4 is 29.9 Å². The monoisotopic (exact) mass is 354 g/mol. The number of nitrogens with one attached hydrogen (secondary N) is 2. The van der Waals surface area contributed by atoms with E-state index >= 15 is 0 Å². The van der Waals surface area contributed by atoms with Gasteiger partial charge in [-0.25, -0.2) is 4.68 Å². The summed E-state index contributed by atoms with van der Waals surface area (Å²) >= 11 is 6.02. The first-order chi connectivity index (χ1) is 10.6. The van der Waals surface area contributed by atoms with Gasteiger partial charge in [0.2, 0.25) is 0 Å². The van der Waals surface area contributed by atoms with Crippen LogP contribution in [0.5, 0.6) is 0 Å². The van der Waals surface area contributed by atoms with Crippen LogP contribution in [-0.4, -0.2) is 34.8 Å². The van der Waals surface area contributed by atoms with E-state index in [9.17, 15) is 4.79 Å². The molecule has 2 aromatic rings. The molecule has 2 N–H and O–H groups in total. The summed E-state index contributed by atoms with van der Waals surface area (Å²) in [5.74, 6) is -0.0699. The summed E-state index contributed by atoms with van der Waals surface area (Å²) in [5.41, 5.74) is 2.26. The Kier molecular flexibility index (Phi) is 6.04. The van der Waals surface area contributed by atoms with Crippen LogP contribution in [-0.2, 0) is 0 Å². The lowest BCUT2D eigenvalue weighted by Gasteiger charge is -2.23. The lowest BCUT2D eigenvalue weighted by atomic mass is 10.1. The molecule has 1 aromatic carbocycles. The van der Waals surface area contributed by atoms with Gasteiger partial charge in [0.15, 0.2) is 0 Å². The quantitative estimate of drug-likeness (QED) is 0.890. The summed E-state index contributed by atoms with van der Waals surface area (Å²) in [5, 5.41) is 11.3.